The van der Waals surface area contributed by atoms with Crippen LogP contribution in [-0.2, 0) is 0 Å². The quantitative estimate of drug-likeness (QED) is 0.204. The van der Waals surface area contributed by atoms with E-state index >= 15 is 0 Å². The van der Waals surface area contributed by atoms with Gasteiger partial charge in [-0.2, -0.15) is 0 Å². The molecule has 10 rings (SSSR count). The summed E-state index contributed by atoms with van der Waals surface area (Å²) in [5.74, 6) is 4.47. The van der Waals surface area contributed by atoms with Crippen LogP contribution in [0.25, 0.3) is 27.5 Å². The highest BCUT2D eigenvalue weighted by Crippen LogP contribution is 2.59. The van der Waals surface area contributed by atoms with Gasteiger partial charge in [-0.25, -0.2) is 0 Å². The number of hydrogen-bond donors (Lipinski definition) is 0. The highest BCUT2D eigenvalue weighted by Gasteiger charge is 2.48. The third-order valence-electron chi connectivity index (χ3n) is 13.0. The number of fused-ring (bicyclic) bond motifs is 7. The van der Waals surface area contributed by atoms with Crippen LogP contribution in [0.5, 0.6) is 0 Å². The van der Waals surface area contributed by atoms with E-state index in [-0.39, 0.29) is 0 Å². The van der Waals surface area contributed by atoms with Crippen LogP contribution in [-0.4, -0.2) is 4.57 Å². The molecular formula is C46H43N. The molecule has 0 N–H and O–H groups in total. The van der Waals surface area contributed by atoms with Crippen LogP contribution in [0.2, 0.25) is 0 Å². The van der Waals surface area contributed by atoms with Crippen molar-refractivity contribution in [3.63, 3.8) is 0 Å². The van der Waals surface area contributed by atoms with E-state index in [1.54, 1.807) is 27.9 Å². The molecule has 1 fully saturated rings. The molecular weight excluding hydrogens is 567 g/mol. The van der Waals surface area contributed by atoms with Crippen molar-refractivity contribution in [2.75, 3.05) is 0 Å². The molecule has 1 heterocycles. The van der Waals surface area contributed by atoms with Gasteiger partial charge in [0.05, 0.1) is 11.0 Å². The third kappa shape index (κ3) is 4.29. The Labute approximate surface area is 279 Å². The van der Waals surface area contributed by atoms with Gasteiger partial charge in [0.15, 0.2) is 0 Å². The maximum Gasteiger partial charge on any atom is 0.0537 e. The Kier molecular flexibility index (Phi) is 6.42. The van der Waals surface area contributed by atoms with E-state index in [0.29, 0.717) is 29.6 Å². The maximum atomic E-state index is 3.54. The van der Waals surface area contributed by atoms with E-state index in [1.165, 1.54) is 65.2 Å². The first kappa shape index (κ1) is 27.8. The number of para-hydroxylation sites is 2. The molecule has 232 valence electrons. The summed E-state index contributed by atoms with van der Waals surface area (Å²) in [4.78, 5) is 0. The molecule has 0 radical (unpaired) electrons. The molecule has 6 aliphatic rings. The zero-order chi connectivity index (χ0) is 31.1. The molecule has 0 spiro atoms. The molecule has 1 saturated carbocycles. The van der Waals surface area contributed by atoms with Crippen molar-refractivity contribution >= 4 is 27.5 Å². The molecule has 0 aliphatic heterocycles. The average molecular weight is 610 g/mol. The Balaban J connectivity index is 1.10. The number of rotatable bonds is 3. The molecule has 1 heteroatoms. The summed E-state index contributed by atoms with van der Waals surface area (Å²) in [6, 6.07) is 27.5. The number of allylic oxidation sites excluding steroid dienone is 11. The van der Waals surface area contributed by atoms with Crippen LogP contribution in [0.15, 0.2) is 143 Å². The van der Waals surface area contributed by atoms with E-state index < -0.39 is 0 Å². The molecule has 0 amide bonds. The molecule has 3 aromatic carbocycles. The Hall–Kier alpha value is -4.32. The van der Waals surface area contributed by atoms with Crippen molar-refractivity contribution in [2.24, 2.45) is 35.5 Å². The first-order valence-electron chi connectivity index (χ1n) is 18.2. The number of nitrogens with zero attached hydrogens (tertiary/aromatic N) is 1. The number of hydrogen-bond acceptors (Lipinski definition) is 0. The highest BCUT2D eigenvalue weighted by molar-refractivity contribution is 6.10. The Morgan fingerprint density at radius 2 is 1.53 bits per heavy atom. The van der Waals surface area contributed by atoms with E-state index in [0.717, 1.165) is 24.7 Å². The molecule has 1 aromatic heterocycles. The lowest BCUT2D eigenvalue weighted by Crippen LogP contribution is -2.37. The standard InChI is InChI=1S/C46H43N/c1-29-11-10-12-30(25-29)41-26-31-21-22-32(46-39-17-4-2-13-34(39)35-14-3-5-18-40(35)46)27-42(31)43-28-33(23-24-36(41)43)47-44-19-8-6-15-37(44)38-16-7-9-20-45(38)47/h2-4,6-13,15-20,25,28,31-32,34,39,41-42,46H,14,21-24,26-27H2,1H3. The maximum absolute atomic E-state index is 3.54. The fourth-order valence-corrected chi connectivity index (χ4v) is 11.1. The molecule has 7 atom stereocenters. The summed E-state index contributed by atoms with van der Waals surface area (Å²) in [5, 5.41) is 2.73. The van der Waals surface area contributed by atoms with Gasteiger partial charge in [-0.3, -0.25) is 0 Å². The lowest BCUT2D eigenvalue weighted by Gasteiger charge is -2.48. The second-order valence-electron chi connectivity index (χ2n) is 15.2. The van der Waals surface area contributed by atoms with E-state index in [2.05, 4.69) is 133 Å². The van der Waals surface area contributed by atoms with Crippen molar-refractivity contribution in [1.29, 1.82) is 0 Å². The monoisotopic (exact) mass is 609 g/mol. The van der Waals surface area contributed by atoms with Gasteiger partial charge in [0.2, 0.25) is 0 Å². The van der Waals surface area contributed by atoms with E-state index in [4.69, 9.17) is 0 Å². The van der Waals surface area contributed by atoms with Gasteiger partial charge in [-0.05, 0) is 129 Å². The minimum Gasteiger partial charge on any atom is -0.313 e. The minimum absolute atomic E-state index is 0.543. The van der Waals surface area contributed by atoms with Crippen molar-refractivity contribution < 1.29 is 0 Å². The third-order valence-corrected chi connectivity index (χ3v) is 13.0. The molecule has 1 nitrogen and oxygen atoms in total. The summed E-state index contributed by atoms with van der Waals surface area (Å²) in [7, 11) is 0. The Morgan fingerprint density at radius 3 is 2.36 bits per heavy atom. The Bertz CT molecular complexity index is 2110. The predicted molar refractivity (Wildman–Crippen MR) is 196 cm³/mol. The van der Waals surface area contributed by atoms with Crippen molar-refractivity contribution in [3.8, 4) is 0 Å². The van der Waals surface area contributed by atoms with E-state index in [1.807, 2.05) is 0 Å². The Morgan fingerprint density at radius 1 is 0.745 bits per heavy atom. The highest BCUT2D eigenvalue weighted by atomic mass is 15.0. The van der Waals surface area contributed by atoms with Crippen LogP contribution >= 0.6 is 0 Å². The van der Waals surface area contributed by atoms with Crippen LogP contribution in [0.3, 0.4) is 0 Å². The fourth-order valence-electron chi connectivity index (χ4n) is 11.1. The van der Waals surface area contributed by atoms with Gasteiger partial charge in [0.25, 0.3) is 0 Å². The molecule has 4 aromatic rings. The largest absolute Gasteiger partial charge is 0.313 e. The summed E-state index contributed by atoms with van der Waals surface area (Å²) in [6.07, 6.45) is 25.7. The second-order valence-corrected chi connectivity index (χ2v) is 15.2. The van der Waals surface area contributed by atoms with Gasteiger partial charge in [0, 0.05) is 28.3 Å². The van der Waals surface area contributed by atoms with Crippen molar-refractivity contribution in [3.05, 3.63) is 154 Å². The van der Waals surface area contributed by atoms with Crippen LogP contribution in [0, 0.1) is 42.4 Å². The zero-order valence-electron chi connectivity index (χ0n) is 27.4. The SMILES string of the molecule is Cc1cccc(C2CC3CCC(C4C5=C(CC=C=C5)C5C=CC=CC54)CC3C3=C2CCC(n2c4ccccc4c4ccccc42)=C3)c1. The van der Waals surface area contributed by atoms with E-state index in [9.17, 15) is 0 Å². The topological polar surface area (TPSA) is 4.93 Å². The average Bonchev–Trinajstić information content (AvgIpc) is 3.64. The predicted octanol–water partition coefficient (Wildman–Crippen LogP) is 11.7. The van der Waals surface area contributed by atoms with Crippen LogP contribution in [0.4, 0.5) is 0 Å². The lowest BCUT2D eigenvalue weighted by molar-refractivity contribution is 0.136. The number of aromatic nitrogens is 1. The lowest BCUT2D eigenvalue weighted by atomic mass is 9.57. The van der Waals surface area contributed by atoms with Gasteiger partial charge in [-0.15, -0.1) is 5.73 Å². The summed E-state index contributed by atoms with van der Waals surface area (Å²) in [6.45, 7) is 2.26. The first-order chi connectivity index (χ1) is 23.2. The number of aryl methyl sites for hydroxylation is 1. The van der Waals surface area contributed by atoms with Gasteiger partial charge >= 0.3 is 0 Å². The van der Waals surface area contributed by atoms with Crippen molar-refractivity contribution in [2.45, 2.75) is 57.8 Å². The molecule has 0 bridgehead atoms. The second kappa shape index (κ2) is 10.9. The summed E-state index contributed by atoms with van der Waals surface area (Å²) >= 11 is 0. The van der Waals surface area contributed by atoms with Crippen molar-refractivity contribution in [1.82, 2.24) is 4.57 Å². The molecule has 0 saturated heterocycles. The molecule has 7 unspecified atom stereocenters. The normalized spacial score (nSPS) is 30.8. The summed E-state index contributed by atoms with van der Waals surface area (Å²) in [5.41, 5.74) is 17.4. The van der Waals surface area contributed by atoms with Crippen LogP contribution in [0.1, 0.15) is 62.0 Å². The van der Waals surface area contributed by atoms with Gasteiger partial charge < -0.3 is 4.57 Å². The van der Waals surface area contributed by atoms with Gasteiger partial charge in [-0.1, -0.05) is 102 Å². The minimum atomic E-state index is 0.543. The molecule has 6 aliphatic carbocycles. The van der Waals surface area contributed by atoms with Gasteiger partial charge in [0.1, 0.15) is 0 Å². The number of benzene rings is 3. The smallest absolute Gasteiger partial charge is 0.0537 e. The fraction of sp³-hybridized carbons (Fsp3) is 0.326. The summed E-state index contributed by atoms with van der Waals surface area (Å²) < 4.78 is 2.61. The molecule has 47 heavy (non-hydrogen) atoms. The zero-order valence-corrected chi connectivity index (χ0v) is 27.4. The van der Waals surface area contributed by atoms with Crippen LogP contribution < -0.4 is 0 Å². The first-order valence-corrected chi connectivity index (χ1v) is 18.2.